The third-order valence-electron chi connectivity index (χ3n) is 3.93. The van der Waals surface area contributed by atoms with E-state index < -0.39 is 0 Å². The Balaban J connectivity index is 1.65. The first kappa shape index (κ1) is 13.7. The summed E-state index contributed by atoms with van der Waals surface area (Å²) in [5.41, 5.74) is 9.56. The highest BCUT2D eigenvalue weighted by molar-refractivity contribution is 5.93. The number of amides is 1. The predicted molar refractivity (Wildman–Crippen MR) is 84.1 cm³/mol. The predicted octanol–water partition coefficient (Wildman–Crippen LogP) is 2.90. The van der Waals surface area contributed by atoms with Crippen LogP contribution in [0.3, 0.4) is 0 Å². The van der Waals surface area contributed by atoms with Crippen molar-refractivity contribution in [3.63, 3.8) is 0 Å². The number of nitrogen functional groups attached to an aromatic ring is 1. The Morgan fingerprint density at radius 2 is 1.95 bits per heavy atom. The molecule has 1 aliphatic carbocycles. The molecule has 4 nitrogen and oxygen atoms in total. The van der Waals surface area contributed by atoms with Crippen molar-refractivity contribution in [3.05, 3.63) is 53.3 Å². The maximum Gasteiger partial charge on any atom is 0.268 e. The second kappa shape index (κ2) is 5.64. The van der Waals surface area contributed by atoms with Crippen LogP contribution in [0.4, 0.5) is 5.69 Å². The summed E-state index contributed by atoms with van der Waals surface area (Å²) >= 11 is 0. The number of carbonyl (C=O) groups excluding carboxylic acids is 1. The number of carbonyl (C=O) groups is 1. The summed E-state index contributed by atoms with van der Waals surface area (Å²) in [6.07, 6.45) is 5.16. The second-order valence-corrected chi connectivity index (χ2v) is 5.65. The molecule has 1 aliphatic rings. The highest BCUT2D eigenvalue weighted by atomic mass is 16.1. The van der Waals surface area contributed by atoms with Crippen LogP contribution in [0.5, 0.6) is 0 Å². The van der Waals surface area contributed by atoms with E-state index in [1.807, 2.05) is 10.8 Å². The molecule has 1 fully saturated rings. The van der Waals surface area contributed by atoms with Gasteiger partial charge in [0.05, 0.1) is 5.69 Å². The average molecular weight is 283 g/mol. The zero-order valence-corrected chi connectivity index (χ0v) is 12.3. The van der Waals surface area contributed by atoms with Gasteiger partial charge in [0.25, 0.3) is 5.91 Å². The zero-order valence-electron chi connectivity index (χ0n) is 12.3. The Morgan fingerprint density at radius 3 is 2.57 bits per heavy atom. The minimum Gasteiger partial charge on any atom is -0.397 e. The number of nitrogens with one attached hydrogen (secondary N) is 1. The van der Waals surface area contributed by atoms with E-state index in [-0.39, 0.29) is 5.91 Å². The molecule has 0 bridgehead atoms. The number of rotatable bonds is 5. The standard InChI is InChI=1S/C17H21N3O/c1-2-12-3-5-13(6-4-12)10-19-17(21)16-9-14(18)11-20(16)15-7-8-15/h3-6,9,11,15H,2,7-8,10,18H2,1H3,(H,19,21). The summed E-state index contributed by atoms with van der Waals surface area (Å²) in [7, 11) is 0. The number of hydrogen-bond donors (Lipinski definition) is 2. The summed E-state index contributed by atoms with van der Waals surface area (Å²) in [4.78, 5) is 12.3. The van der Waals surface area contributed by atoms with Crippen LogP contribution in [0.25, 0.3) is 0 Å². The van der Waals surface area contributed by atoms with Crippen LogP contribution in [0.2, 0.25) is 0 Å². The van der Waals surface area contributed by atoms with Gasteiger partial charge in [0, 0.05) is 18.8 Å². The Labute approximate surface area is 125 Å². The van der Waals surface area contributed by atoms with Gasteiger partial charge >= 0.3 is 0 Å². The molecule has 3 rings (SSSR count). The van der Waals surface area contributed by atoms with Crippen molar-refractivity contribution < 1.29 is 4.79 Å². The Hall–Kier alpha value is -2.23. The van der Waals surface area contributed by atoms with E-state index in [0.29, 0.717) is 24.0 Å². The molecule has 0 aliphatic heterocycles. The molecule has 3 N–H and O–H groups in total. The summed E-state index contributed by atoms with van der Waals surface area (Å²) < 4.78 is 2.00. The Kier molecular flexibility index (Phi) is 3.69. The van der Waals surface area contributed by atoms with Crippen molar-refractivity contribution in [3.8, 4) is 0 Å². The fourth-order valence-corrected chi connectivity index (χ4v) is 2.50. The monoisotopic (exact) mass is 283 g/mol. The zero-order chi connectivity index (χ0) is 14.8. The lowest BCUT2D eigenvalue weighted by Gasteiger charge is -2.09. The summed E-state index contributed by atoms with van der Waals surface area (Å²) in [5.74, 6) is -0.0573. The van der Waals surface area contributed by atoms with Crippen molar-refractivity contribution in [2.24, 2.45) is 0 Å². The smallest absolute Gasteiger partial charge is 0.268 e. The molecule has 0 atom stereocenters. The van der Waals surface area contributed by atoms with Gasteiger partial charge in [-0.1, -0.05) is 31.2 Å². The van der Waals surface area contributed by atoms with E-state index in [9.17, 15) is 4.79 Å². The van der Waals surface area contributed by atoms with Gasteiger partial charge in [0.2, 0.25) is 0 Å². The summed E-state index contributed by atoms with van der Waals surface area (Å²) in [6, 6.07) is 10.5. The number of anilines is 1. The average Bonchev–Trinajstić information content (AvgIpc) is 3.27. The van der Waals surface area contributed by atoms with Crippen LogP contribution < -0.4 is 11.1 Å². The molecule has 1 heterocycles. The van der Waals surface area contributed by atoms with Gasteiger partial charge < -0.3 is 15.6 Å². The molecule has 110 valence electrons. The van der Waals surface area contributed by atoms with Gasteiger partial charge in [-0.3, -0.25) is 4.79 Å². The molecule has 1 aromatic carbocycles. The maximum absolute atomic E-state index is 12.3. The highest BCUT2D eigenvalue weighted by Gasteiger charge is 2.27. The van der Waals surface area contributed by atoms with Crippen molar-refractivity contribution in [2.75, 3.05) is 5.73 Å². The molecule has 21 heavy (non-hydrogen) atoms. The highest BCUT2D eigenvalue weighted by Crippen LogP contribution is 2.37. The first-order valence-electron chi connectivity index (χ1n) is 7.50. The minimum atomic E-state index is -0.0573. The largest absolute Gasteiger partial charge is 0.397 e. The molecule has 4 heteroatoms. The van der Waals surface area contributed by atoms with Crippen LogP contribution in [0.1, 0.15) is 47.4 Å². The molecular weight excluding hydrogens is 262 g/mol. The Bertz CT molecular complexity index is 639. The van der Waals surface area contributed by atoms with Crippen molar-refractivity contribution >= 4 is 11.6 Å². The number of nitrogens with two attached hydrogens (primary N) is 1. The van der Waals surface area contributed by atoms with Gasteiger partial charge in [-0.15, -0.1) is 0 Å². The molecule has 1 aromatic heterocycles. The number of nitrogens with zero attached hydrogens (tertiary/aromatic N) is 1. The molecular formula is C17H21N3O. The van der Waals surface area contributed by atoms with Crippen LogP contribution in [-0.4, -0.2) is 10.5 Å². The summed E-state index contributed by atoms with van der Waals surface area (Å²) in [6.45, 7) is 2.67. The molecule has 0 saturated heterocycles. The van der Waals surface area contributed by atoms with E-state index in [1.54, 1.807) is 6.07 Å². The lowest BCUT2D eigenvalue weighted by Crippen LogP contribution is -2.25. The van der Waals surface area contributed by atoms with Crippen LogP contribution in [-0.2, 0) is 13.0 Å². The van der Waals surface area contributed by atoms with E-state index in [4.69, 9.17) is 5.73 Å². The van der Waals surface area contributed by atoms with Gasteiger partial charge in [0.1, 0.15) is 5.69 Å². The number of hydrogen-bond acceptors (Lipinski definition) is 2. The minimum absolute atomic E-state index is 0.0573. The van der Waals surface area contributed by atoms with Gasteiger partial charge in [-0.2, -0.15) is 0 Å². The second-order valence-electron chi connectivity index (χ2n) is 5.65. The van der Waals surface area contributed by atoms with E-state index in [0.717, 1.165) is 24.8 Å². The normalized spacial score (nSPS) is 14.1. The topological polar surface area (TPSA) is 60.1 Å². The van der Waals surface area contributed by atoms with Gasteiger partial charge in [-0.25, -0.2) is 0 Å². The summed E-state index contributed by atoms with van der Waals surface area (Å²) in [5, 5.41) is 2.97. The van der Waals surface area contributed by atoms with Crippen LogP contribution >= 0.6 is 0 Å². The van der Waals surface area contributed by atoms with Crippen molar-refractivity contribution in [1.82, 2.24) is 9.88 Å². The van der Waals surface area contributed by atoms with E-state index in [2.05, 4.69) is 36.5 Å². The SMILES string of the molecule is CCc1ccc(CNC(=O)c2cc(N)cn2C2CC2)cc1. The van der Waals surface area contributed by atoms with E-state index >= 15 is 0 Å². The maximum atomic E-state index is 12.3. The van der Waals surface area contributed by atoms with Crippen LogP contribution in [0.15, 0.2) is 36.5 Å². The van der Waals surface area contributed by atoms with Gasteiger partial charge in [0.15, 0.2) is 0 Å². The van der Waals surface area contributed by atoms with Gasteiger partial charge in [-0.05, 0) is 36.5 Å². The molecule has 0 unspecified atom stereocenters. The molecule has 0 radical (unpaired) electrons. The van der Waals surface area contributed by atoms with Crippen molar-refractivity contribution in [2.45, 2.75) is 38.8 Å². The number of aromatic nitrogens is 1. The first-order valence-corrected chi connectivity index (χ1v) is 7.50. The number of aryl methyl sites for hydroxylation is 1. The molecule has 0 spiro atoms. The fraction of sp³-hybridized carbons (Fsp3) is 0.353. The van der Waals surface area contributed by atoms with Crippen LogP contribution in [0, 0.1) is 0 Å². The lowest BCUT2D eigenvalue weighted by atomic mass is 10.1. The third-order valence-corrected chi connectivity index (χ3v) is 3.93. The molecule has 1 amide bonds. The fourth-order valence-electron chi connectivity index (χ4n) is 2.50. The van der Waals surface area contributed by atoms with Crippen molar-refractivity contribution in [1.29, 1.82) is 0 Å². The van der Waals surface area contributed by atoms with E-state index in [1.165, 1.54) is 5.56 Å². The number of benzene rings is 1. The molecule has 1 saturated carbocycles. The first-order chi connectivity index (χ1) is 10.2. The molecule has 2 aromatic rings. The Morgan fingerprint density at radius 1 is 1.29 bits per heavy atom. The quantitative estimate of drug-likeness (QED) is 0.886. The third kappa shape index (κ3) is 3.10. The lowest BCUT2D eigenvalue weighted by molar-refractivity contribution is 0.0941.